The Morgan fingerprint density at radius 1 is 1.54 bits per heavy atom. The summed E-state index contributed by atoms with van der Waals surface area (Å²) in [7, 11) is 0. The number of fused-ring (bicyclic) bond motifs is 1. The maximum absolute atomic E-state index is 8.90. The van der Waals surface area contributed by atoms with Crippen LogP contribution in [0.1, 0.15) is 11.1 Å². The van der Waals surface area contributed by atoms with Gasteiger partial charge in [-0.25, -0.2) is 0 Å². The third kappa shape index (κ3) is 1.23. The van der Waals surface area contributed by atoms with Gasteiger partial charge in [-0.15, -0.1) is 24.0 Å². The first-order chi connectivity index (χ1) is 6.24. The summed E-state index contributed by atoms with van der Waals surface area (Å²) in [5.41, 5.74) is 1.81. The van der Waals surface area contributed by atoms with Crippen molar-refractivity contribution >= 4 is 34.1 Å². The van der Waals surface area contributed by atoms with Gasteiger partial charge in [0.25, 0.3) is 0 Å². The summed E-state index contributed by atoms with van der Waals surface area (Å²) in [6.45, 7) is 1.97. The van der Waals surface area contributed by atoms with Gasteiger partial charge < -0.3 is 0 Å². The molecule has 0 radical (unpaired) electrons. The van der Waals surface area contributed by atoms with Crippen molar-refractivity contribution in [3.63, 3.8) is 0 Å². The van der Waals surface area contributed by atoms with Crippen molar-refractivity contribution in [3.05, 3.63) is 28.6 Å². The number of thiol groups is 1. The minimum Gasteiger partial charge on any atom is -0.192 e. The van der Waals surface area contributed by atoms with E-state index in [1.807, 2.05) is 24.4 Å². The van der Waals surface area contributed by atoms with Crippen LogP contribution in [0.25, 0.3) is 10.1 Å². The van der Waals surface area contributed by atoms with Gasteiger partial charge in [0.05, 0.1) is 11.6 Å². The Balaban J connectivity index is 2.97. The first kappa shape index (κ1) is 8.61. The summed E-state index contributed by atoms with van der Waals surface area (Å²) in [6, 6.07) is 6.05. The molecule has 0 saturated carbocycles. The highest BCUT2D eigenvalue weighted by Gasteiger charge is 2.07. The Labute approximate surface area is 86.0 Å². The number of thiophene rings is 1. The van der Waals surface area contributed by atoms with Crippen molar-refractivity contribution in [1.29, 1.82) is 5.26 Å². The van der Waals surface area contributed by atoms with Crippen molar-refractivity contribution < 1.29 is 0 Å². The molecule has 0 aliphatic heterocycles. The van der Waals surface area contributed by atoms with E-state index in [9.17, 15) is 0 Å². The minimum absolute atomic E-state index is 0.742. The fourth-order valence-electron chi connectivity index (χ4n) is 1.34. The van der Waals surface area contributed by atoms with Crippen LogP contribution in [0.2, 0.25) is 0 Å². The van der Waals surface area contributed by atoms with Crippen LogP contribution in [0.5, 0.6) is 0 Å². The molecule has 13 heavy (non-hydrogen) atoms. The topological polar surface area (TPSA) is 23.8 Å². The molecule has 3 heteroatoms. The van der Waals surface area contributed by atoms with Crippen molar-refractivity contribution in [1.82, 2.24) is 0 Å². The van der Waals surface area contributed by atoms with Gasteiger partial charge in [0.1, 0.15) is 0 Å². The number of rotatable bonds is 0. The largest absolute Gasteiger partial charge is 0.192 e. The predicted octanol–water partition coefficient (Wildman–Crippen LogP) is 3.37. The number of nitrogens with zero attached hydrogens (tertiary/aromatic N) is 1. The Hall–Kier alpha value is -0.980. The molecule has 0 N–H and O–H groups in total. The first-order valence-corrected chi connectivity index (χ1v) is 5.16. The van der Waals surface area contributed by atoms with E-state index in [0.717, 1.165) is 26.1 Å². The molecule has 0 unspecified atom stereocenters. The molecule has 0 aliphatic carbocycles. The number of hydrogen-bond acceptors (Lipinski definition) is 3. The summed E-state index contributed by atoms with van der Waals surface area (Å²) in [4.78, 5) is 0.990. The number of aryl methyl sites for hydroxylation is 1. The van der Waals surface area contributed by atoms with Crippen LogP contribution in [0.15, 0.2) is 22.4 Å². The molecular formula is C10H7NS2. The van der Waals surface area contributed by atoms with E-state index >= 15 is 0 Å². The van der Waals surface area contributed by atoms with Crippen molar-refractivity contribution in [2.75, 3.05) is 0 Å². The maximum atomic E-state index is 8.90. The van der Waals surface area contributed by atoms with Gasteiger partial charge in [-0.3, -0.25) is 0 Å². The van der Waals surface area contributed by atoms with Gasteiger partial charge in [-0.1, -0.05) is 0 Å². The second-order valence-corrected chi connectivity index (χ2v) is 4.23. The fourth-order valence-corrected chi connectivity index (χ4v) is 2.60. The Morgan fingerprint density at radius 2 is 2.31 bits per heavy atom. The Morgan fingerprint density at radius 3 is 3.00 bits per heavy atom. The molecule has 0 fully saturated rings. The molecule has 64 valence electrons. The molecule has 1 aromatic carbocycles. The second kappa shape index (κ2) is 3.06. The second-order valence-electron chi connectivity index (χ2n) is 2.86. The highest BCUT2D eigenvalue weighted by atomic mass is 32.1. The summed E-state index contributed by atoms with van der Waals surface area (Å²) in [6.07, 6.45) is 0. The van der Waals surface area contributed by atoms with E-state index in [1.54, 1.807) is 11.3 Å². The molecule has 0 aliphatic rings. The molecule has 2 rings (SSSR count). The molecule has 1 aromatic heterocycles. The molecule has 1 heterocycles. The summed E-state index contributed by atoms with van der Waals surface area (Å²) in [5, 5.41) is 11.9. The molecule has 1 nitrogen and oxygen atoms in total. The average Bonchev–Trinajstić information content (AvgIpc) is 2.60. The van der Waals surface area contributed by atoms with Gasteiger partial charge >= 0.3 is 0 Å². The molecule has 0 bridgehead atoms. The van der Waals surface area contributed by atoms with E-state index in [0.29, 0.717) is 0 Å². The summed E-state index contributed by atoms with van der Waals surface area (Å²) < 4.78 is 1.11. The molecular weight excluding hydrogens is 198 g/mol. The Bertz CT molecular complexity index is 505. The zero-order valence-corrected chi connectivity index (χ0v) is 8.75. The lowest BCUT2D eigenvalue weighted by Gasteiger charge is -2.01. The average molecular weight is 205 g/mol. The van der Waals surface area contributed by atoms with Crippen LogP contribution in [-0.4, -0.2) is 0 Å². The van der Waals surface area contributed by atoms with Crippen LogP contribution in [0.3, 0.4) is 0 Å². The van der Waals surface area contributed by atoms with Gasteiger partial charge in [-0.2, -0.15) is 5.26 Å². The zero-order chi connectivity index (χ0) is 9.42. The zero-order valence-electron chi connectivity index (χ0n) is 7.03. The van der Waals surface area contributed by atoms with Crippen LogP contribution < -0.4 is 0 Å². The highest BCUT2D eigenvalue weighted by Crippen LogP contribution is 2.32. The van der Waals surface area contributed by atoms with Crippen molar-refractivity contribution in [2.45, 2.75) is 11.8 Å². The monoisotopic (exact) mass is 205 g/mol. The van der Waals surface area contributed by atoms with Gasteiger partial charge in [0.15, 0.2) is 0 Å². The van der Waals surface area contributed by atoms with E-state index in [1.165, 1.54) is 0 Å². The lowest BCUT2D eigenvalue weighted by molar-refractivity contribution is 1.36. The van der Waals surface area contributed by atoms with E-state index < -0.39 is 0 Å². The minimum atomic E-state index is 0.742. The lowest BCUT2D eigenvalue weighted by atomic mass is 10.1. The summed E-state index contributed by atoms with van der Waals surface area (Å²) >= 11 is 6.05. The maximum Gasteiger partial charge on any atom is 0.0998 e. The third-order valence-electron chi connectivity index (χ3n) is 2.03. The van der Waals surface area contributed by atoms with Gasteiger partial charge in [0, 0.05) is 15.0 Å². The lowest BCUT2D eigenvalue weighted by Crippen LogP contribution is -1.81. The van der Waals surface area contributed by atoms with Gasteiger partial charge in [0.2, 0.25) is 0 Å². The Kier molecular flexibility index (Phi) is 2.03. The summed E-state index contributed by atoms with van der Waals surface area (Å²) in [5.74, 6) is 0. The fraction of sp³-hybridized carbons (Fsp3) is 0.100. The molecule has 0 amide bonds. The van der Waals surface area contributed by atoms with E-state index in [-0.39, 0.29) is 0 Å². The number of hydrogen-bond donors (Lipinski definition) is 1. The van der Waals surface area contributed by atoms with Crippen LogP contribution >= 0.6 is 24.0 Å². The first-order valence-electron chi connectivity index (χ1n) is 3.84. The number of benzene rings is 1. The van der Waals surface area contributed by atoms with Crippen molar-refractivity contribution in [3.8, 4) is 6.07 Å². The normalized spacial score (nSPS) is 10.2. The van der Waals surface area contributed by atoms with Crippen LogP contribution in [-0.2, 0) is 0 Å². The van der Waals surface area contributed by atoms with E-state index in [2.05, 4.69) is 18.7 Å². The SMILES string of the molecule is Cc1cc(C#N)c2ccsc2c1S. The van der Waals surface area contributed by atoms with Crippen LogP contribution in [0, 0.1) is 18.3 Å². The molecule has 0 saturated heterocycles. The smallest absolute Gasteiger partial charge is 0.0998 e. The third-order valence-corrected chi connectivity index (χ3v) is 3.68. The number of nitriles is 1. The van der Waals surface area contributed by atoms with E-state index in [4.69, 9.17) is 5.26 Å². The predicted molar refractivity (Wildman–Crippen MR) is 58.5 cm³/mol. The standard InChI is InChI=1S/C10H7NS2/c1-6-4-7(5-11)8-2-3-13-10(8)9(6)12/h2-4,12H,1H3. The van der Waals surface area contributed by atoms with Crippen LogP contribution in [0.4, 0.5) is 0 Å². The van der Waals surface area contributed by atoms with Gasteiger partial charge in [-0.05, 0) is 30.0 Å². The molecule has 0 atom stereocenters. The van der Waals surface area contributed by atoms with Crippen molar-refractivity contribution in [2.24, 2.45) is 0 Å². The quantitative estimate of drug-likeness (QED) is 0.655. The molecule has 0 spiro atoms. The highest BCUT2D eigenvalue weighted by molar-refractivity contribution is 7.80. The molecule has 2 aromatic rings.